The zero-order chi connectivity index (χ0) is 25.6. The maximum absolute atomic E-state index is 12.8. The maximum Gasteiger partial charge on any atom is 0.326 e. The number of likely N-dealkylation sites (tertiary alicyclic amines) is 1. The molecule has 0 unspecified atom stereocenters. The summed E-state index contributed by atoms with van der Waals surface area (Å²) in [6.45, 7) is 3.59. The Morgan fingerprint density at radius 3 is 2.97 bits per heavy atom. The highest BCUT2D eigenvalue weighted by molar-refractivity contribution is 7.13. The minimum atomic E-state index is -0.995. The molecule has 0 saturated carbocycles. The number of thiophene rings is 1. The second kappa shape index (κ2) is 11.9. The van der Waals surface area contributed by atoms with Gasteiger partial charge < -0.3 is 20.6 Å². The van der Waals surface area contributed by atoms with Crippen molar-refractivity contribution in [2.24, 2.45) is 5.92 Å². The number of benzene rings is 1. The number of carboxylic acids is 1. The van der Waals surface area contributed by atoms with Gasteiger partial charge in [-0.2, -0.15) is 0 Å². The van der Waals surface area contributed by atoms with Gasteiger partial charge in [0.25, 0.3) is 5.91 Å². The van der Waals surface area contributed by atoms with Crippen LogP contribution in [-0.2, 0) is 17.6 Å². The van der Waals surface area contributed by atoms with Crippen LogP contribution < -0.4 is 10.6 Å². The van der Waals surface area contributed by atoms with Gasteiger partial charge in [-0.3, -0.25) is 4.79 Å². The van der Waals surface area contributed by atoms with E-state index in [0.717, 1.165) is 67.3 Å². The Morgan fingerprint density at radius 2 is 2.14 bits per heavy atom. The van der Waals surface area contributed by atoms with Crippen molar-refractivity contribution < 1.29 is 14.7 Å². The highest BCUT2D eigenvalue weighted by Crippen LogP contribution is 2.26. The number of hydrogen-bond donors (Lipinski definition) is 3. The quantitative estimate of drug-likeness (QED) is 0.360. The molecule has 2 aromatic heterocycles. The third kappa shape index (κ3) is 6.56. The molecule has 194 valence electrons. The van der Waals surface area contributed by atoms with Crippen molar-refractivity contribution in [2.75, 3.05) is 31.5 Å². The molecule has 1 amide bonds. The normalized spacial score (nSPS) is 18.1. The van der Waals surface area contributed by atoms with Crippen LogP contribution in [0.5, 0.6) is 0 Å². The summed E-state index contributed by atoms with van der Waals surface area (Å²) in [6.07, 6.45) is 5.82. The van der Waals surface area contributed by atoms with E-state index >= 15 is 0 Å². The number of carbonyl (C=O) groups excluding carboxylic acids is 1. The smallest absolute Gasteiger partial charge is 0.326 e. The Morgan fingerprint density at radius 1 is 1.22 bits per heavy atom. The zero-order valence-corrected chi connectivity index (χ0v) is 21.8. The molecule has 3 aromatic rings. The van der Waals surface area contributed by atoms with E-state index in [1.54, 1.807) is 17.4 Å². The molecule has 0 aliphatic carbocycles. The molecule has 1 saturated heterocycles. The molecular weight excluding hydrogens is 484 g/mol. The molecule has 2 atom stereocenters. The monoisotopic (exact) mass is 518 g/mol. The topological polar surface area (TPSA) is 94.6 Å². The minimum absolute atomic E-state index is 0.350. The summed E-state index contributed by atoms with van der Waals surface area (Å²) in [7, 11) is 0. The molecule has 37 heavy (non-hydrogen) atoms. The van der Waals surface area contributed by atoms with Gasteiger partial charge in [0.15, 0.2) is 0 Å². The lowest BCUT2D eigenvalue weighted by molar-refractivity contribution is -0.139. The fraction of sp³-hybridized carbons (Fsp3) is 0.414. The molecule has 0 spiro atoms. The number of nitrogens with zero attached hydrogens (tertiary/aromatic N) is 2. The van der Waals surface area contributed by atoms with Crippen LogP contribution in [0.25, 0.3) is 10.4 Å². The Bertz CT molecular complexity index is 1230. The number of rotatable bonds is 10. The van der Waals surface area contributed by atoms with Crippen LogP contribution in [0.3, 0.4) is 0 Å². The number of fused-ring (bicyclic) bond motifs is 1. The van der Waals surface area contributed by atoms with Crippen LogP contribution in [0.2, 0.25) is 0 Å². The molecule has 0 bridgehead atoms. The summed E-state index contributed by atoms with van der Waals surface area (Å²) in [6, 6.07) is 14.8. The van der Waals surface area contributed by atoms with Crippen molar-refractivity contribution in [3.63, 3.8) is 0 Å². The molecular formula is C29H34N4O3S. The molecule has 5 rings (SSSR count). The first-order chi connectivity index (χ1) is 18.0. The minimum Gasteiger partial charge on any atom is -0.480 e. The van der Waals surface area contributed by atoms with Crippen LogP contribution >= 0.6 is 11.3 Å². The van der Waals surface area contributed by atoms with Gasteiger partial charge >= 0.3 is 5.97 Å². The van der Waals surface area contributed by atoms with Crippen molar-refractivity contribution in [1.29, 1.82) is 0 Å². The van der Waals surface area contributed by atoms with Crippen LogP contribution in [-0.4, -0.2) is 59.1 Å². The van der Waals surface area contributed by atoms with Crippen LogP contribution in [0.4, 0.5) is 5.82 Å². The lowest BCUT2D eigenvalue weighted by Crippen LogP contribution is -2.43. The SMILES string of the molecule is O=C(N[C@@H](CCN1CC[C@@H](CCc2ccc3c(n2)NCCC3)C1)C(=O)O)c1cccc(-c2cccs2)c1. The van der Waals surface area contributed by atoms with Gasteiger partial charge in [-0.1, -0.05) is 24.3 Å². The predicted octanol–water partition coefficient (Wildman–Crippen LogP) is 4.70. The van der Waals surface area contributed by atoms with E-state index in [2.05, 4.69) is 27.7 Å². The summed E-state index contributed by atoms with van der Waals surface area (Å²) in [4.78, 5) is 33.0. The van der Waals surface area contributed by atoms with Crippen molar-refractivity contribution in [3.8, 4) is 10.4 Å². The van der Waals surface area contributed by atoms with Crippen molar-refractivity contribution in [2.45, 2.75) is 44.6 Å². The van der Waals surface area contributed by atoms with E-state index < -0.39 is 12.0 Å². The Balaban J connectivity index is 1.09. The summed E-state index contributed by atoms with van der Waals surface area (Å²) < 4.78 is 0. The molecule has 1 fully saturated rings. The maximum atomic E-state index is 12.8. The van der Waals surface area contributed by atoms with Gasteiger partial charge in [0.2, 0.25) is 0 Å². The molecule has 0 radical (unpaired) electrons. The van der Waals surface area contributed by atoms with E-state index in [1.807, 2.05) is 35.7 Å². The highest BCUT2D eigenvalue weighted by atomic mass is 32.1. The van der Waals surface area contributed by atoms with Crippen molar-refractivity contribution in [1.82, 2.24) is 15.2 Å². The number of aliphatic carboxylic acids is 1. The number of hydrogen-bond acceptors (Lipinski definition) is 6. The van der Waals surface area contributed by atoms with E-state index in [0.29, 0.717) is 24.4 Å². The van der Waals surface area contributed by atoms with Gasteiger partial charge in [-0.25, -0.2) is 9.78 Å². The second-order valence-electron chi connectivity index (χ2n) is 10.0. The van der Waals surface area contributed by atoms with E-state index in [4.69, 9.17) is 4.98 Å². The van der Waals surface area contributed by atoms with Crippen LogP contribution in [0.1, 0.15) is 47.3 Å². The highest BCUT2D eigenvalue weighted by Gasteiger charge is 2.26. The standard InChI is InChI=1S/C29H34N4O3S/c34-28(23-5-1-4-22(18-23)26-7-3-17-37-26)32-25(29(35)36)13-16-33-15-12-20(19-33)8-10-24-11-9-21-6-2-14-30-27(21)31-24/h1,3-5,7,9,11,17-18,20,25H,2,6,8,10,12-16,19H2,(H,30,31)(H,32,34)(H,35,36)/t20-,25+/m1/s1. The third-order valence-electron chi connectivity index (χ3n) is 7.40. The summed E-state index contributed by atoms with van der Waals surface area (Å²) in [5.74, 6) is 0.295. The number of amides is 1. The molecule has 3 N–H and O–H groups in total. The van der Waals surface area contributed by atoms with Gasteiger partial charge in [0, 0.05) is 35.8 Å². The first kappa shape index (κ1) is 25.4. The molecule has 4 heterocycles. The molecule has 8 heteroatoms. The van der Waals surface area contributed by atoms with Crippen molar-refractivity contribution >= 4 is 29.0 Å². The average molecular weight is 519 g/mol. The van der Waals surface area contributed by atoms with E-state index in [9.17, 15) is 14.7 Å². The van der Waals surface area contributed by atoms with Crippen molar-refractivity contribution in [3.05, 3.63) is 70.7 Å². The summed E-state index contributed by atoms with van der Waals surface area (Å²) in [5.41, 5.74) is 3.89. The zero-order valence-electron chi connectivity index (χ0n) is 21.0. The van der Waals surface area contributed by atoms with E-state index in [1.165, 1.54) is 12.0 Å². The number of pyridine rings is 1. The third-order valence-corrected chi connectivity index (χ3v) is 8.32. The first-order valence-electron chi connectivity index (χ1n) is 13.2. The Hall–Kier alpha value is -3.23. The summed E-state index contributed by atoms with van der Waals surface area (Å²) >= 11 is 1.61. The van der Waals surface area contributed by atoms with Crippen LogP contribution in [0.15, 0.2) is 53.9 Å². The number of carboxylic acid groups (broad SMARTS) is 1. The van der Waals surface area contributed by atoms with E-state index in [-0.39, 0.29) is 5.91 Å². The Labute approximate surface area is 221 Å². The Kier molecular flexibility index (Phi) is 8.16. The summed E-state index contributed by atoms with van der Waals surface area (Å²) in [5, 5.41) is 17.9. The van der Waals surface area contributed by atoms with Gasteiger partial charge in [-0.15, -0.1) is 11.3 Å². The number of aryl methyl sites for hydroxylation is 2. The average Bonchev–Trinajstić information content (AvgIpc) is 3.62. The fourth-order valence-electron chi connectivity index (χ4n) is 5.28. The molecule has 2 aliphatic heterocycles. The number of nitrogens with one attached hydrogen (secondary N) is 2. The fourth-order valence-corrected chi connectivity index (χ4v) is 6.00. The molecule has 2 aliphatic rings. The van der Waals surface area contributed by atoms with Gasteiger partial charge in [0.1, 0.15) is 11.9 Å². The number of aromatic nitrogens is 1. The lowest BCUT2D eigenvalue weighted by Gasteiger charge is -2.20. The number of carbonyl (C=O) groups is 2. The van der Waals surface area contributed by atoms with Gasteiger partial charge in [-0.05, 0) is 91.8 Å². The van der Waals surface area contributed by atoms with Crippen LogP contribution in [0, 0.1) is 5.92 Å². The second-order valence-corrected chi connectivity index (χ2v) is 11.0. The lowest BCUT2D eigenvalue weighted by atomic mass is 10.00. The predicted molar refractivity (Wildman–Crippen MR) is 147 cm³/mol. The molecule has 1 aromatic carbocycles. The van der Waals surface area contributed by atoms with Gasteiger partial charge in [0.05, 0.1) is 0 Å². The largest absolute Gasteiger partial charge is 0.480 e. The number of anilines is 1. The first-order valence-corrected chi connectivity index (χ1v) is 14.1. The molecule has 7 nitrogen and oxygen atoms in total.